The van der Waals surface area contributed by atoms with E-state index < -0.39 is 0 Å². The van der Waals surface area contributed by atoms with Gasteiger partial charge in [0.2, 0.25) is 0 Å². The van der Waals surface area contributed by atoms with Crippen LogP contribution in [0.3, 0.4) is 0 Å². The molecule has 4 aromatic rings. The molecule has 1 unspecified atom stereocenters. The number of amides is 3. The summed E-state index contributed by atoms with van der Waals surface area (Å²) in [6.45, 7) is 3.81. The zero-order valence-electron chi connectivity index (χ0n) is 20.3. The Morgan fingerprint density at radius 2 is 1.53 bits per heavy atom. The lowest BCUT2D eigenvalue weighted by Gasteiger charge is -2.23. The van der Waals surface area contributed by atoms with Crippen LogP contribution in [0.2, 0.25) is 0 Å². The highest BCUT2D eigenvalue weighted by Crippen LogP contribution is 2.29. The van der Waals surface area contributed by atoms with Gasteiger partial charge >= 0.3 is 6.03 Å². The van der Waals surface area contributed by atoms with Crippen LogP contribution in [0.1, 0.15) is 41.7 Å². The molecule has 0 aliphatic carbocycles. The lowest BCUT2D eigenvalue weighted by atomic mass is 10.1. The number of benzene rings is 4. The Morgan fingerprint density at radius 3 is 2.33 bits per heavy atom. The number of hydrogen-bond donors (Lipinski definition) is 3. The number of carbonyl (C=O) groups is 2. The number of rotatable bonds is 6. The van der Waals surface area contributed by atoms with Crippen LogP contribution in [-0.2, 0) is 0 Å². The molecule has 0 bridgehead atoms. The maximum Gasteiger partial charge on any atom is 0.323 e. The van der Waals surface area contributed by atoms with Gasteiger partial charge in [-0.15, -0.1) is 0 Å². The number of nitrogens with zero attached hydrogens (tertiary/aromatic N) is 1. The summed E-state index contributed by atoms with van der Waals surface area (Å²) in [5, 5.41) is 11.0. The molecular formula is C30H30N4O2. The quantitative estimate of drug-likeness (QED) is 0.293. The Labute approximate surface area is 211 Å². The van der Waals surface area contributed by atoms with Gasteiger partial charge in [0, 0.05) is 29.9 Å². The Hall–Kier alpha value is -4.32. The molecule has 0 radical (unpaired) electrons. The van der Waals surface area contributed by atoms with Gasteiger partial charge in [0.15, 0.2) is 0 Å². The molecule has 0 saturated carbocycles. The van der Waals surface area contributed by atoms with Crippen molar-refractivity contribution in [2.24, 2.45) is 0 Å². The molecule has 182 valence electrons. The number of fused-ring (bicyclic) bond motifs is 1. The highest BCUT2D eigenvalue weighted by molar-refractivity contribution is 6.07. The van der Waals surface area contributed by atoms with Crippen molar-refractivity contribution < 1.29 is 9.59 Å². The van der Waals surface area contributed by atoms with E-state index in [-0.39, 0.29) is 18.0 Å². The van der Waals surface area contributed by atoms with E-state index in [2.05, 4.69) is 20.9 Å². The summed E-state index contributed by atoms with van der Waals surface area (Å²) in [7, 11) is 0. The predicted octanol–water partition coefficient (Wildman–Crippen LogP) is 6.58. The highest BCUT2D eigenvalue weighted by Gasteiger charge is 2.22. The van der Waals surface area contributed by atoms with Gasteiger partial charge in [-0.1, -0.05) is 66.7 Å². The first-order valence-corrected chi connectivity index (χ1v) is 12.4. The fourth-order valence-electron chi connectivity index (χ4n) is 4.75. The van der Waals surface area contributed by atoms with Crippen LogP contribution in [0, 0.1) is 0 Å². The molecule has 4 aromatic carbocycles. The SMILES string of the molecule is CC(NC(=O)c1cc(NC(=O)Nc2cccc3ccccc23)ccc1N1CCCC1)c1ccccc1. The largest absolute Gasteiger partial charge is 0.371 e. The molecule has 0 aromatic heterocycles. The third-order valence-electron chi connectivity index (χ3n) is 6.63. The summed E-state index contributed by atoms with van der Waals surface area (Å²) in [6, 6.07) is 28.7. The zero-order valence-corrected chi connectivity index (χ0v) is 20.3. The number of nitrogens with one attached hydrogen (secondary N) is 3. The van der Waals surface area contributed by atoms with Crippen LogP contribution in [0.4, 0.5) is 21.9 Å². The summed E-state index contributed by atoms with van der Waals surface area (Å²) in [6.07, 6.45) is 2.21. The fourth-order valence-corrected chi connectivity index (χ4v) is 4.75. The van der Waals surface area contributed by atoms with Crippen molar-refractivity contribution in [2.45, 2.75) is 25.8 Å². The summed E-state index contributed by atoms with van der Waals surface area (Å²) in [4.78, 5) is 28.5. The topological polar surface area (TPSA) is 73.5 Å². The first-order valence-electron chi connectivity index (χ1n) is 12.4. The summed E-state index contributed by atoms with van der Waals surface area (Å²) in [5.41, 5.74) is 3.78. The van der Waals surface area contributed by atoms with E-state index in [1.165, 1.54) is 0 Å². The average Bonchev–Trinajstić information content (AvgIpc) is 3.44. The second kappa shape index (κ2) is 10.5. The number of urea groups is 1. The lowest BCUT2D eigenvalue weighted by Crippen LogP contribution is -2.30. The summed E-state index contributed by atoms with van der Waals surface area (Å²) >= 11 is 0. The molecule has 0 spiro atoms. The van der Waals surface area contributed by atoms with Gasteiger partial charge < -0.3 is 20.9 Å². The maximum absolute atomic E-state index is 13.4. The van der Waals surface area contributed by atoms with E-state index in [9.17, 15) is 9.59 Å². The second-order valence-corrected chi connectivity index (χ2v) is 9.14. The van der Waals surface area contributed by atoms with Crippen LogP contribution >= 0.6 is 0 Å². The van der Waals surface area contributed by atoms with Crippen molar-refractivity contribution in [3.8, 4) is 0 Å². The van der Waals surface area contributed by atoms with E-state index in [0.717, 1.165) is 53.6 Å². The van der Waals surface area contributed by atoms with E-state index in [1.54, 1.807) is 6.07 Å². The first kappa shape index (κ1) is 23.4. The highest BCUT2D eigenvalue weighted by atomic mass is 16.2. The third-order valence-corrected chi connectivity index (χ3v) is 6.63. The molecule has 3 amide bonds. The molecule has 3 N–H and O–H groups in total. The Balaban J connectivity index is 1.37. The Bertz CT molecular complexity index is 1380. The van der Waals surface area contributed by atoms with Crippen LogP contribution in [0.15, 0.2) is 91.0 Å². The smallest absolute Gasteiger partial charge is 0.323 e. The zero-order chi connectivity index (χ0) is 24.9. The molecule has 36 heavy (non-hydrogen) atoms. The van der Waals surface area contributed by atoms with Crippen LogP contribution in [-0.4, -0.2) is 25.0 Å². The van der Waals surface area contributed by atoms with Crippen molar-refractivity contribution in [1.29, 1.82) is 0 Å². The van der Waals surface area contributed by atoms with Gasteiger partial charge in [-0.3, -0.25) is 4.79 Å². The maximum atomic E-state index is 13.4. The standard InChI is InChI=1S/C30H30N4O2/c1-21(22-10-3-2-4-11-22)31-29(35)26-20-24(16-17-28(26)34-18-7-8-19-34)32-30(36)33-27-15-9-13-23-12-5-6-14-25(23)27/h2-6,9-17,20-21H,7-8,18-19H2,1H3,(H,31,35)(H2,32,33,36). The molecule has 5 rings (SSSR count). The van der Waals surface area contributed by atoms with Gasteiger partial charge in [0.1, 0.15) is 0 Å². The molecule has 1 fully saturated rings. The normalized spacial score (nSPS) is 13.9. The number of carbonyl (C=O) groups excluding carboxylic acids is 2. The van der Waals surface area contributed by atoms with Crippen molar-refractivity contribution in [3.63, 3.8) is 0 Å². The van der Waals surface area contributed by atoms with Gasteiger partial charge in [0.05, 0.1) is 17.3 Å². The molecule has 6 heteroatoms. The van der Waals surface area contributed by atoms with Crippen molar-refractivity contribution in [1.82, 2.24) is 5.32 Å². The lowest BCUT2D eigenvalue weighted by molar-refractivity contribution is 0.0940. The van der Waals surface area contributed by atoms with E-state index >= 15 is 0 Å². The van der Waals surface area contributed by atoms with Crippen LogP contribution < -0.4 is 20.9 Å². The molecule has 6 nitrogen and oxygen atoms in total. The molecular weight excluding hydrogens is 448 g/mol. The van der Waals surface area contributed by atoms with Gasteiger partial charge in [-0.25, -0.2) is 4.79 Å². The number of anilines is 3. The molecule has 1 aliphatic heterocycles. The molecule has 1 atom stereocenters. The minimum absolute atomic E-state index is 0.142. The Kier molecular flexibility index (Phi) is 6.85. The number of hydrogen-bond acceptors (Lipinski definition) is 3. The molecule has 1 saturated heterocycles. The van der Waals surface area contributed by atoms with E-state index in [0.29, 0.717) is 11.3 Å². The van der Waals surface area contributed by atoms with Gasteiger partial charge in [-0.05, 0) is 55.0 Å². The minimum Gasteiger partial charge on any atom is -0.371 e. The van der Waals surface area contributed by atoms with Crippen molar-refractivity contribution in [2.75, 3.05) is 28.6 Å². The molecule has 1 aliphatic rings. The van der Waals surface area contributed by atoms with E-state index in [1.807, 2.05) is 91.9 Å². The van der Waals surface area contributed by atoms with Gasteiger partial charge in [-0.2, -0.15) is 0 Å². The monoisotopic (exact) mass is 478 g/mol. The van der Waals surface area contributed by atoms with Gasteiger partial charge in [0.25, 0.3) is 5.91 Å². The van der Waals surface area contributed by atoms with Crippen LogP contribution in [0.25, 0.3) is 10.8 Å². The van der Waals surface area contributed by atoms with Crippen LogP contribution in [0.5, 0.6) is 0 Å². The Morgan fingerprint density at radius 1 is 0.806 bits per heavy atom. The van der Waals surface area contributed by atoms with E-state index in [4.69, 9.17) is 0 Å². The molecule has 1 heterocycles. The fraction of sp³-hybridized carbons (Fsp3) is 0.200. The first-order chi connectivity index (χ1) is 17.6. The average molecular weight is 479 g/mol. The summed E-state index contributed by atoms with van der Waals surface area (Å²) in [5.74, 6) is -0.161. The summed E-state index contributed by atoms with van der Waals surface area (Å²) < 4.78 is 0. The minimum atomic E-state index is -0.357. The van der Waals surface area contributed by atoms with Crippen molar-refractivity contribution in [3.05, 3.63) is 102 Å². The second-order valence-electron chi connectivity index (χ2n) is 9.14. The third kappa shape index (κ3) is 5.18. The van der Waals surface area contributed by atoms with Crippen molar-refractivity contribution >= 4 is 39.8 Å². The predicted molar refractivity (Wildman–Crippen MR) is 147 cm³/mol.